The van der Waals surface area contributed by atoms with Gasteiger partial charge in [-0.1, -0.05) is 39.7 Å². The van der Waals surface area contributed by atoms with Gasteiger partial charge in [0.25, 0.3) is 0 Å². The molecule has 0 saturated carbocycles. The van der Waals surface area contributed by atoms with E-state index < -0.39 is 28.5 Å². The number of nitrogens with one attached hydrogen (secondary N) is 1. The number of hydrogen-bond acceptors (Lipinski definition) is 5. The zero-order chi connectivity index (χ0) is 25.6. The Labute approximate surface area is 214 Å². The summed E-state index contributed by atoms with van der Waals surface area (Å²) < 4.78 is 32.1. The Morgan fingerprint density at radius 1 is 1.15 bits per heavy atom. The van der Waals surface area contributed by atoms with E-state index in [9.17, 15) is 18.0 Å². The maximum absolute atomic E-state index is 13.5. The number of sulfonamides is 1. The summed E-state index contributed by atoms with van der Waals surface area (Å²) in [4.78, 5) is 27.6. The monoisotopic (exact) mass is 573 g/mol. The molecule has 0 radical (unpaired) electrons. The Kier molecular flexibility index (Phi) is 9.78. The minimum Gasteiger partial charge on any atom is -0.495 e. The zero-order valence-electron chi connectivity index (χ0n) is 19.7. The van der Waals surface area contributed by atoms with E-state index in [1.165, 1.54) is 30.2 Å². The van der Waals surface area contributed by atoms with Crippen LogP contribution in [0.5, 0.6) is 5.75 Å². The third-order valence-corrected chi connectivity index (χ3v) is 6.87. The summed E-state index contributed by atoms with van der Waals surface area (Å²) in [6, 6.07) is 10.8. The van der Waals surface area contributed by atoms with Crippen LogP contribution in [-0.4, -0.2) is 57.1 Å². The fraction of sp³-hybridized carbons (Fsp3) is 0.391. The molecule has 1 unspecified atom stereocenters. The van der Waals surface area contributed by atoms with Crippen LogP contribution in [0.15, 0.2) is 46.9 Å². The van der Waals surface area contributed by atoms with Crippen LogP contribution < -0.4 is 14.4 Å². The van der Waals surface area contributed by atoms with Gasteiger partial charge >= 0.3 is 0 Å². The van der Waals surface area contributed by atoms with Gasteiger partial charge in [0.1, 0.15) is 18.3 Å². The number of benzene rings is 2. The number of carbonyl (C=O) groups is 2. The van der Waals surface area contributed by atoms with E-state index in [2.05, 4.69) is 21.2 Å². The Balaban J connectivity index is 2.42. The van der Waals surface area contributed by atoms with E-state index in [1.807, 2.05) is 38.1 Å². The molecule has 0 fully saturated rings. The molecular formula is C23H29BrClN3O5S. The van der Waals surface area contributed by atoms with E-state index >= 15 is 0 Å². The van der Waals surface area contributed by atoms with Crippen LogP contribution in [0, 0.1) is 0 Å². The number of amides is 2. The highest BCUT2D eigenvalue weighted by Crippen LogP contribution is 2.30. The normalized spacial score (nSPS) is 12.2. The molecule has 2 aromatic carbocycles. The lowest BCUT2D eigenvalue weighted by atomic mass is 10.1. The smallest absolute Gasteiger partial charge is 0.244 e. The van der Waals surface area contributed by atoms with Crippen molar-refractivity contribution in [1.82, 2.24) is 10.2 Å². The molecule has 2 rings (SSSR count). The predicted octanol–water partition coefficient (Wildman–Crippen LogP) is 3.82. The number of rotatable bonds is 10. The summed E-state index contributed by atoms with van der Waals surface area (Å²) in [6.45, 7) is 4.87. The van der Waals surface area contributed by atoms with E-state index in [0.717, 1.165) is 20.6 Å². The molecule has 0 aliphatic rings. The first kappa shape index (κ1) is 27.9. The van der Waals surface area contributed by atoms with Crippen molar-refractivity contribution in [3.05, 3.63) is 57.5 Å². The summed E-state index contributed by atoms with van der Waals surface area (Å²) in [5, 5.41) is 3.01. The van der Waals surface area contributed by atoms with Gasteiger partial charge in [0.05, 0.1) is 24.1 Å². The molecule has 2 amide bonds. The lowest BCUT2D eigenvalue weighted by molar-refractivity contribution is -0.139. The molecule has 1 atom stereocenters. The minimum atomic E-state index is -3.85. The number of carbonyl (C=O) groups excluding carboxylic acids is 2. The average molecular weight is 575 g/mol. The van der Waals surface area contributed by atoms with Gasteiger partial charge in [-0.05, 0) is 56.7 Å². The molecule has 0 aliphatic carbocycles. The van der Waals surface area contributed by atoms with Crippen molar-refractivity contribution in [2.75, 3.05) is 24.2 Å². The lowest BCUT2D eigenvalue weighted by Gasteiger charge is -2.32. The Morgan fingerprint density at radius 3 is 2.35 bits per heavy atom. The van der Waals surface area contributed by atoms with Crippen LogP contribution in [0.1, 0.15) is 26.3 Å². The average Bonchev–Trinajstić information content (AvgIpc) is 2.74. The number of hydrogen-bond donors (Lipinski definition) is 1. The molecule has 0 aromatic heterocycles. The van der Waals surface area contributed by atoms with E-state index in [4.69, 9.17) is 16.3 Å². The largest absolute Gasteiger partial charge is 0.495 e. The molecule has 0 bridgehead atoms. The fourth-order valence-electron chi connectivity index (χ4n) is 3.24. The quantitative estimate of drug-likeness (QED) is 0.466. The van der Waals surface area contributed by atoms with Crippen molar-refractivity contribution in [2.45, 2.75) is 39.4 Å². The number of halogens is 2. The SMILES string of the molecule is COc1ccc(N(CC(=O)N(Cc2cccc(Br)c2)C(C)C(=O)NC(C)C)S(C)(=O)=O)cc1Cl. The van der Waals surface area contributed by atoms with Crippen LogP contribution in [0.3, 0.4) is 0 Å². The molecule has 0 saturated heterocycles. The molecule has 0 heterocycles. The second-order valence-corrected chi connectivity index (χ2v) is 11.3. The highest BCUT2D eigenvalue weighted by molar-refractivity contribution is 9.10. The highest BCUT2D eigenvalue weighted by Gasteiger charge is 2.30. The molecule has 2 aromatic rings. The van der Waals surface area contributed by atoms with Crippen molar-refractivity contribution in [3.63, 3.8) is 0 Å². The number of nitrogens with zero attached hydrogens (tertiary/aromatic N) is 2. The van der Waals surface area contributed by atoms with Crippen LogP contribution in [0.25, 0.3) is 0 Å². The maximum atomic E-state index is 13.5. The maximum Gasteiger partial charge on any atom is 0.244 e. The molecule has 8 nitrogen and oxygen atoms in total. The summed E-state index contributed by atoms with van der Waals surface area (Å²) in [5.41, 5.74) is 0.994. The van der Waals surface area contributed by atoms with Crippen LogP contribution >= 0.6 is 27.5 Å². The van der Waals surface area contributed by atoms with Crippen molar-refractivity contribution in [1.29, 1.82) is 0 Å². The van der Waals surface area contributed by atoms with Gasteiger partial charge in [0, 0.05) is 17.1 Å². The second kappa shape index (κ2) is 11.9. The second-order valence-electron chi connectivity index (χ2n) is 8.08. The molecule has 11 heteroatoms. The van der Waals surface area contributed by atoms with Gasteiger partial charge in [0.15, 0.2) is 0 Å². The third-order valence-electron chi connectivity index (χ3n) is 4.94. The molecular weight excluding hydrogens is 546 g/mol. The minimum absolute atomic E-state index is 0.117. The zero-order valence-corrected chi connectivity index (χ0v) is 22.9. The van der Waals surface area contributed by atoms with Gasteiger partial charge in [-0.15, -0.1) is 0 Å². The van der Waals surface area contributed by atoms with E-state index in [1.54, 1.807) is 6.92 Å². The third kappa shape index (κ3) is 7.61. The molecule has 34 heavy (non-hydrogen) atoms. The van der Waals surface area contributed by atoms with Gasteiger partial charge in [-0.25, -0.2) is 8.42 Å². The fourth-order valence-corrected chi connectivity index (χ4v) is 4.78. The van der Waals surface area contributed by atoms with Crippen molar-refractivity contribution in [2.24, 2.45) is 0 Å². The topological polar surface area (TPSA) is 96.0 Å². The van der Waals surface area contributed by atoms with Crippen molar-refractivity contribution < 1.29 is 22.7 Å². The Hall–Kier alpha value is -2.30. The molecule has 186 valence electrons. The van der Waals surface area contributed by atoms with E-state index in [0.29, 0.717) is 5.75 Å². The van der Waals surface area contributed by atoms with E-state index in [-0.39, 0.29) is 29.2 Å². The Bertz CT molecular complexity index is 1140. The van der Waals surface area contributed by atoms with Gasteiger partial charge in [-0.2, -0.15) is 0 Å². The first-order valence-electron chi connectivity index (χ1n) is 10.5. The van der Waals surface area contributed by atoms with Gasteiger partial charge < -0.3 is 15.0 Å². The first-order chi connectivity index (χ1) is 15.8. The standard InChI is InChI=1S/C23H29BrClN3O5S/c1-15(2)26-23(30)16(3)27(13-17-7-6-8-18(24)11-17)22(29)14-28(34(5,31)32)19-9-10-21(33-4)20(25)12-19/h6-12,15-16H,13-14H2,1-5H3,(H,26,30). The van der Waals surface area contributed by atoms with Crippen LogP contribution in [0.2, 0.25) is 5.02 Å². The van der Waals surface area contributed by atoms with Crippen molar-refractivity contribution >= 4 is 55.1 Å². The number of anilines is 1. The van der Waals surface area contributed by atoms with Gasteiger partial charge in [0.2, 0.25) is 21.8 Å². The first-order valence-corrected chi connectivity index (χ1v) is 13.5. The molecule has 0 aliphatic heterocycles. The summed E-state index contributed by atoms with van der Waals surface area (Å²) in [5.74, 6) is -0.499. The van der Waals surface area contributed by atoms with Crippen LogP contribution in [-0.2, 0) is 26.2 Å². The van der Waals surface area contributed by atoms with Gasteiger partial charge in [-0.3, -0.25) is 13.9 Å². The highest BCUT2D eigenvalue weighted by atomic mass is 79.9. The summed E-state index contributed by atoms with van der Waals surface area (Å²) >= 11 is 9.60. The number of methoxy groups -OCH3 is 1. The number of ether oxygens (including phenoxy) is 1. The summed E-state index contributed by atoms with van der Waals surface area (Å²) in [7, 11) is -2.40. The summed E-state index contributed by atoms with van der Waals surface area (Å²) in [6.07, 6.45) is 1.01. The molecule has 0 spiro atoms. The van der Waals surface area contributed by atoms with Crippen molar-refractivity contribution in [3.8, 4) is 5.75 Å². The lowest BCUT2D eigenvalue weighted by Crippen LogP contribution is -2.52. The Morgan fingerprint density at radius 2 is 1.82 bits per heavy atom. The predicted molar refractivity (Wildman–Crippen MR) is 138 cm³/mol. The van der Waals surface area contributed by atoms with Crippen LogP contribution in [0.4, 0.5) is 5.69 Å². The molecule has 1 N–H and O–H groups in total.